The molecular formula is C14H15N3O3. The normalized spacial score (nSPS) is 13.3. The van der Waals surface area contributed by atoms with Crippen molar-refractivity contribution in [3.63, 3.8) is 0 Å². The van der Waals surface area contributed by atoms with Gasteiger partial charge in [-0.1, -0.05) is 6.07 Å². The Balaban J connectivity index is 1.60. The maximum Gasteiger partial charge on any atom is 0.407 e. The fourth-order valence-corrected chi connectivity index (χ4v) is 2.28. The molecule has 0 fully saturated rings. The minimum absolute atomic E-state index is 0.434. The number of carboxylic acid groups (broad SMARTS) is 1. The number of amides is 1. The number of benzene rings is 1. The molecule has 1 aliphatic rings. The van der Waals surface area contributed by atoms with Gasteiger partial charge in [0.2, 0.25) is 0 Å². The Hall–Kier alpha value is -2.50. The van der Waals surface area contributed by atoms with Crippen molar-refractivity contribution < 1.29 is 14.6 Å². The van der Waals surface area contributed by atoms with Gasteiger partial charge in [0.25, 0.3) is 0 Å². The lowest BCUT2D eigenvalue weighted by molar-refractivity contribution is 0.145. The highest BCUT2D eigenvalue weighted by Crippen LogP contribution is 2.26. The number of carbonyl (C=O) groups is 1. The summed E-state index contributed by atoms with van der Waals surface area (Å²) in [6.45, 7) is 2.18. The lowest BCUT2D eigenvalue weighted by Crippen LogP contribution is -2.22. The summed E-state index contributed by atoms with van der Waals surface area (Å²) in [5.41, 5.74) is 2.07. The highest BCUT2D eigenvalue weighted by molar-refractivity contribution is 5.66. The Labute approximate surface area is 116 Å². The van der Waals surface area contributed by atoms with Gasteiger partial charge in [-0.3, -0.25) is 4.90 Å². The van der Waals surface area contributed by atoms with Gasteiger partial charge in [-0.2, -0.15) is 0 Å². The lowest BCUT2D eigenvalue weighted by atomic mass is 10.1. The van der Waals surface area contributed by atoms with Gasteiger partial charge in [0, 0.05) is 25.5 Å². The Morgan fingerprint density at radius 3 is 2.95 bits per heavy atom. The number of ether oxygens (including phenoxy) is 1. The van der Waals surface area contributed by atoms with Crippen molar-refractivity contribution in [1.82, 2.24) is 14.5 Å². The summed E-state index contributed by atoms with van der Waals surface area (Å²) in [6.07, 6.45) is 4.48. The van der Waals surface area contributed by atoms with Gasteiger partial charge in [-0.15, -0.1) is 0 Å². The Bertz CT molecular complexity index is 610. The van der Waals surface area contributed by atoms with Crippen LogP contribution in [-0.2, 0) is 19.6 Å². The van der Waals surface area contributed by atoms with Crippen LogP contribution in [0, 0.1) is 0 Å². The third-order valence-corrected chi connectivity index (χ3v) is 3.35. The highest BCUT2D eigenvalue weighted by atomic mass is 16.5. The number of imidazole rings is 1. The van der Waals surface area contributed by atoms with Crippen molar-refractivity contribution in [2.24, 2.45) is 0 Å². The van der Waals surface area contributed by atoms with Crippen LogP contribution in [0.4, 0.5) is 4.79 Å². The average Bonchev–Trinajstić information content (AvgIpc) is 3.06. The van der Waals surface area contributed by atoms with Crippen LogP contribution >= 0.6 is 0 Å². The second kappa shape index (κ2) is 5.24. The molecule has 20 heavy (non-hydrogen) atoms. The van der Waals surface area contributed by atoms with E-state index in [-0.39, 0.29) is 0 Å². The number of rotatable bonds is 4. The molecule has 6 nitrogen and oxygen atoms in total. The molecule has 1 amide bonds. The zero-order chi connectivity index (χ0) is 13.9. The van der Waals surface area contributed by atoms with Gasteiger partial charge in [-0.25, -0.2) is 9.78 Å². The van der Waals surface area contributed by atoms with Crippen molar-refractivity contribution in [1.29, 1.82) is 0 Å². The molecule has 1 N–H and O–H groups in total. The molecule has 0 atom stereocenters. The monoisotopic (exact) mass is 273 g/mol. The molecule has 6 heteroatoms. The highest BCUT2D eigenvalue weighted by Gasteiger charge is 2.22. The molecule has 0 saturated heterocycles. The smallest absolute Gasteiger partial charge is 0.407 e. The van der Waals surface area contributed by atoms with Gasteiger partial charge >= 0.3 is 6.09 Å². The fourth-order valence-electron chi connectivity index (χ4n) is 2.28. The van der Waals surface area contributed by atoms with E-state index < -0.39 is 6.09 Å². The molecular weight excluding hydrogens is 258 g/mol. The first-order valence-electron chi connectivity index (χ1n) is 6.40. The van der Waals surface area contributed by atoms with E-state index in [1.54, 1.807) is 12.5 Å². The van der Waals surface area contributed by atoms with Crippen LogP contribution in [0.1, 0.15) is 11.1 Å². The summed E-state index contributed by atoms with van der Waals surface area (Å²) in [5, 5.41) is 8.99. The molecule has 0 spiro atoms. The first-order chi connectivity index (χ1) is 9.72. The zero-order valence-corrected chi connectivity index (χ0v) is 10.9. The zero-order valence-electron chi connectivity index (χ0n) is 10.9. The van der Waals surface area contributed by atoms with E-state index in [2.05, 4.69) is 4.98 Å². The van der Waals surface area contributed by atoms with Crippen LogP contribution in [0.5, 0.6) is 5.75 Å². The predicted molar refractivity (Wildman–Crippen MR) is 71.4 cm³/mol. The Morgan fingerprint density at radius 2 is 2.20 bits per heavy atom. The quantitative estimate of drug-likeness (QED) is 0.924. The maximum atomic E-state index is 10.9. The largest absolute Gasteiger partial charge is 0.492 e. The van der Waals surface area contributed by atoms with Crippen molar-refractivity contribution >= 4 is 6.09 Å². The molecule has 104 valence electrons. The predicted octanol–water partition coefficient (Wildman–Crippen LogP) is 1.96. The summed E-state index contributed by atoms with van der Waals surface area (Å²) in [5.74, 6) is 0.774. The molecule has 0 radical (unpaired) electrons. The minimum atomic E-state index is -0.885. The molecule has 0 unspecified atom stereocenters. The second-order valence-corrected chi connectivity index (χ2v) is 4.72. The van der Waals surface area contributed by atoms with Crippen molar-refractivity contribution in [2.75, 3.05) is 6.61 Å². The van der Waals surface area contributed by atoms with Gasteiger partial charge < -0.3 is 14.4 Å². The molecule has 0 bridgehead atoms. The van der Waals surface area contributed by atoms with Crippen molar-refractivity contribution in [2.45, 2.75) is 19.6 Å². The van der Waals surface area contributed by atoms with E-state index in [1.165, 1.54) is 4.90 Å². The third-order valence-electron chi connectivity index (χ3n) is 3.35. The first kappa shape index (κ1) is 12.5. The molecule has 1 aromatic heterocycles. The van der Waals surface area contributed by atoms with Crippen molar-refractivity contribution in [3.05, 3.63) is 48.0 Å². The Morgan fingerprint density at radius 1 is 1.35 bits per heavy atom. The molecule has 0 aliphatic carbocycles. The third kappa shape index (κ3) is 2.59. The summed E-state index contributed by atoms with van der Waals surface area (Å²) < 4.78 is 7.63. The molecule has 0 saturated carbocycles. The molecule has 1 aromatic carbocycles. The van der Waals surface area contributed by atoms with E-state index in [1.807, 2.05) is 29.0 Å². The van der Waals surface area contributed by atoms with E-state index >= 15 is 0 Å². The van der Waals surface area contributed by atoms with Gasteiger partial charge in [0.05, 0.1) is 12.9 Å². The molecule has 2 heterocycles. The van der Waals surface area contributed by atoms with Crippen LogP contribution < -0.4 is 4.74 Å². The Kier molecular flexibility index (Phi) is 3.28. The van der Waals surface area contributed by atoms with Crippen molar-refractivity contribution in [3.8, 4) is 5.75 Å². The van der Waals surface area contributed by atoms with Gasteiger partial charge in [0.1, 0.15) is 12.4 Å². The number of fused-ring (bicyclic) bond motifs is 1. The lowest BCUT2D eigenvalue weighted by Gasteiger charge is -2.08. The average molecular weight is 273 g/mol. The van der Waals surface area contributed by atoms with E-state index in [4.69, 9.17) is 9.84 Å². The van der Waals surface area contributed by atoms with E-state index in [0.29, 0.717) is 19.7 Å². The number of hydrogen-bond acceptors (Lipinski definition) is 3. The first-order valence-corrected chi connectivity index (χ1v) is 6.40. The van der Waals surface area contributed by atoms with Crippen LogP contribution in [-0.4, -0.2) is 32.3 Å². The molecule has 2 aromatic rings. The van der Waals surface area contributed by atoms with Crippen LogP contribution in [0.3, 0.4) is 0 Å². The van der Waals surface area contributed by atoms with Gasteiger partial charge in [-0.05, 0) is 23.3 Å². The fraction of sp³-hybridized carbons (Fsp3) is 0.286. The molecule has 1 aliphatic heterocycles. The van der Waals surface area contributed by atoms with E-state index in [9.17, 15) is 4.79 Å². The summed E-state index contributed by atoms with van der Waals surface area (Å²) in [7, 11) is 0. The molecule has 3 rings (SSSR count). The second-order valence-electron chi connectivity index (χ2n) is 4.72. The number of aromatic nitrogens is 2. The van der Waals surface area contributed by atoms with E-state index in [0.717, 1.165) is 23.4 Å². The topological polar surface area (TPSA) is 67.6 Å². The summed E-state index contributed by atoms with van der Waals surface area (Å²) in [4.78, 5) is 16.3. The maximum absolute atomic E-state index is 10.9. The minimum Gasteiger partial charge on any atom is -0.492 e. The van der Waals surface area contributed by atoms with Crippen LogP contribution in [0.25, 0.3) is 0 Å². The van der Waals surface area contributed by atoms with Crippen LogP contribution in [0.15, 0.2) is 36.9 Å². The summed E-state index contributed by atoms with van der Waals surface area (Å²) in [6, 6.07) is 5.75. The standard InChI is InChI=1S/C14H15N3O3/c18-14(19)17-8-11-1-2-13(7-12(11)9-17)20-6-5-16-4-3-15-10-16/h1-4,7,10H,5-6,8-9H2,(H,18,19). The number of nitrogens with zero attached hydrogens (tertiary/aromatic N) is 3. The van der Waals surface area contributed by atoms with Crippen LogP contribution in [0.2, 0.25) is 0 Å². The van der Waals surface area contributed by atoms with Gasteiger partial charge in [0.15, 0.2) is 0 Å². The summed E-state index contributed by atoms with van der Waals surface area (Å²) >= 11 is 0. The SMILES string of the molecule is O=C(O)N1Cc2ccc(OCCn3ccnc3)cc2C1. The number of hydrogen-bond donors (Lipinski definition) is 1.